The summed E-state index contributed by atoms with van der Waals surface area (Å²) in [4.78, 5) is 26.5. The Morgan fingerprint density at radius 1 is 1.12 bits per heavy atom. The molecule has 4 nitrogen and oxygen atoms in total. The Bertz CT molecular complexity index is 1070. The quantitative estimate of drug-likeness (QED) is 0.605. The molecule has 4 rings (SSSR count). The number of carbonyl (C=O) groups excluding carboxylic acids is 2. The summed E-state index contributed by atoms with van der Waals surface area (Å²) >= 11 is 6.11. The van der Waals surface area contributed by atoms with E-state index in [-0.39, 0.29) is 23.8 Å². The van der Waals surface area contributed by atoms with E-state index in [0.29, 0.717) is 29.1 Å². The molecule has 2 aromatic rings. The molecular weight excluding hydrogens is 422 g/mol. The van der Waals surface area contributed by atoms with E-state index in [2.05, 4.69) is 25.7 Å². The minimum absolute atomic E-state index is 0.0679. The van der Waals surface area contributed by atoms with Gasteiger partial charge in [0, 0.05) is 40.7 Å². The number of benzene rings is 2. The van der Waals surface area contributed by atoms with Crippen molar-refractivity contribution >= 4 is 23.4 Å². The van der Waals surface area contributed by atoms with Crippen LogP contribution in [0.5, 0.6) is 0 Å². The zero-order valence-electron chi connectivity index (χ0n) is 18.5. The Labute approximate surface area is 194 Å². The molecule has 2 aliphatic rings. The fourth-order valence-corrected chi connectivity index (χ4v) is 4.88. The van der Waals surface area contributed by atoms with Crippen molar-refractivity contribution in [1.29, 1.82) is 0 Å². The molecular formula is C27H28ClNO3. The molecule has 1 aliphatic heterocycles. The largest absolute Gasteiger partial charge is 0.465 e. The summed E-state index contributed by atoms with van der Waals surface area (Å²) in [5.41, 5.74) is 3.93. The van der Waals surface area contributed by atoms with Gasteiger partial charge in [0.1, 0.15) is 5.92 Å². The van der Waals surface area contributed by atoms with Gasteiger partial charge in [-0.25, -0.2) is 0 Å². The fraction of sp³-hybridized carbons (Fsp3) is 0.333. The van der Waals surface area contributed by atoms with Gasteiger partial charge in [-0.2, -0.15) is 0 Å². The third kappa shape index (κ3) is 4.66. The third-order valence-corrected chi connectivity index (χ3v) is 6.46. The first kappa shape index (κ1) is 22.3. The van der Waals surface area contributed by atoms with Crippen molar-refractivity contribution in [2.45, 2.75) is 39.0 Å². The second kappa shape index (κ2) is 8.95. The maximum atomic E-state index is 13.3. The Balaban J connectivity index is 1.65. The standard InChI is InChI=1S/C27H28ClNO3/c1-17-23(26(31)32-14-13-18-7-5-4-6-8-18)24(19-9-11-20(28)12-10-19)25-21(29-17)15-27(2,3)16-22(25)30/h4-12,23-24,29H,1,13-16H2,2-3H3. The van der Waals surface area contributed by atoms with E-state index in [4.69, 9.17) is 16.3 Å². The van der Waals surface area contributed by atoms with Crippen molar-refractivity contribution in [2.24, 2.45) is 11.3 Å². The molecule has 32 heavy (non-hydrogen) atoms. The van der Waals surface area contributed by atoms with Crippen molar-refractivity contribution < 1.29 is 14.3 Å². The van der Waals surface area contributed by atoms with Crippen LogP contribution in [0.2, 0.25) is 5.02 Å². The predicted molar refractivity (Wildman–Crippen MR) is 126 cm³/mol. The summed E-state index contributed by atoms with van der Waals surface area (Å²) in [7, 11) is 0. The highest BCUT2D eigenvalue weighted by Gasteiger charge is 2.46. The lowest BCUT2D eigenvalue weighted by Gasteiger charge is -2.42. The van der Waals surface area contributed by atoms with Crippen LogP contribution in [0.1, 0.15) is 43.7 Å². The molecule has 2 unspecified atom stereocenters. The number of rotatable bonds is 5. The topological polar surface area (TPSA) is 55.4 Å². The summed E-state index contributed by atoms with van der Waals surface area (Å²) < 4.78 is 5.69. The lowest BCUT2D eigenvalue weighted by Crippen LogP contribution is -2.43. The molecule has 2 aromatic carbocycles. The van der Waals surface area contributed by atoms with Crippen molar-refractivity contribution in [3.63, 3.8) is 0 Å². The number of carbonyl (C=O) groups is 2. The maximum absolute atomic E-state index is 13.3. The monoisotopic (exact) mass is 449 g/mol. The van der Waals surface area contributed by atoms with E-state index in [0.717, 1.165) is 23.2 Å². The van der Waals surface area contributed by atoms with Crippen molar-refractivity contribution in [3.8, 4) is 0 Å². The molecule has 1 aliphatic carbocycles. The molecule has 0 spiro atoms. The molecule has 2 atom stereocenters. The Kier molecular flexibility index (Phi) is 6.25. The second-order valence-electron chi connectivity index (χ2n) is 9.39. The van der Waals surface area contributed by atoms with Crippen LogP contribution in [0.3, 0.4) is 0 Å². The van der Waals surface area contributed by atoms with E-state index in [9.17, 15) is 9.59 Å². The summed E-state index contributed by atoms with van der Waals surface area (Å²) in [6.45, 7) is 8.59. The first-order chi connectivity index (χ1) is 15.2. The highest BCUT2D eigenvalue weighted by molar-refractivity contribution is 6.30. The van der Waals surface area contributed by atoms with Gasteiger partial charge in [-0.3, -0.25) is 9.59 Å². The van der Waals surface area contributed by atoms with Crippen LogP contribution in [0, 0.1) is 11.3 Å². The van der Waals surface area contributed by atoms with Crippen LogP contribution >= 0.6 is 11.6 Å². The number of ketones is 1. The molecule has 0 aromatic heterocycles. The number of ether oxygens (including phenoxy) is 1. The molecule has 0 amide bonds. The Hall–Kier alpha value is -2.85. The molecule has 0 radical (unpaired) electrons. The first-order valence-electron chi connectivity index (χ1n) is 10.9. The summed E-state index contributed by atoms with van der Waals surface area (Å²) in [5.74, 6) is -1.43. The number of hydrogen-bond acceptors (Lipinski definition) is 4. The minimum atomic E-state index is -0.684. The molecule has 0 fully saturated rings. The van der Waals surface area contributed by atoms with Crippen molar-refractivity contribution in [3.05, 3.63) is 94.3 Å². The first-order valence-corrected chi connectivity index (χ1v) is 11.3. The van der Waals surface area contributed by atoms with Crippen LogP contribution in [-0.4, -0.2) is 18.4 Å². The number of Topliss-reactive ketones (excluding diaryl/α,β-unsaturated/α-hetero) is 1. The van der Waals surface area contributed by atoms with Crippen LogP contribution in [0.25, 0.3) is 0 Å². The van der Waals surface area contributed by atoms with Crippen LogP contribution in [0.15, 0.2) is 78.1 Å². The summed E-state index contributed by atoms with van der Waals surface area (Å²) in [5, 5.41) is 3.90. The van der Waals surface area contributed by atoms with Gasteiger partial charge >= 0.3 is 5.97 Å². The van der Waals surface area contributed by atoms with Gasteiger partial charge in [0.2, 0.25) is 0 Å². The molecule has 1 N–H and O–H groups in total. The normalized spacial score (nSPS) is 22.2. The van der Waals surface area contributed by atoms with Gasteiger partial charge in [0.05, 0.1) is 6.61 Å². The predicted octanol–water partition coefficient (Wildman–Crippen LogP) is 5.59. The van der Waals surface area contributed by atoms with Crippen molar-refractivity contribution in [1.82, 2.24) is 5.32 Å². The summed E-state index contributed by atoms with van der Waals surface area (Å²) in [6, 6.07) is 17.2. The van der Waals surface area contributed by atoms with E-state index in [1.807, 2.05) is 42.5 Å². The van der Waals surface area contributed by atoms with Gasteiger partial charge in [0.25, 0.3) is 0 Å². The zero-order chi connectivity index (χ0) is 22.9. The SMILES string of the molecule is C=C1NC2=C(C(=O)CC(C)(C)C2)C(c2ccc(Cl)cc2)C1C(=O)OCCc1ccccc1. The molecule has 5 heteroatoms. The third-order valence-electron chi connectivity index (χ3n) is 6.21. The second-order valence-corrected chi connectivity index (χ2v) is 9.83. The number of esters is 1. The highest BCUT2D eigenvalue weighted by Crippen LogP contribution is 2.48. The van der Waals surface area contributed by atoms with Gasteiger partial charge in [-0.1, -0.05) is 74.5 Å². The van der Waals surface area contributed by atoms with Gasteiger partial charge in [-0.15, -0.1) is 0 Å². The Morgan fingerprint density at radius 2 is 1.81 bits per heavy atom. The van der Waals surface area contributed by atoms with Gasteiger partial charge in [-0.05, 0) is 35.1 Å². The minimum Gasteiger partial charge on any atom is -0.465 e. The van der Waals surface area contributed by atoms with Gasteiger partial charge in [0.15, 0.2) is 5.78 Å². The van der Waals surface area contributed by atoms with Crippen LogP contribution < -0.4 is 5.32 Å². The van der Waals surface area contributed by atoms with Gasteiger partial charge < -0.3 is 10.1 Å². The summed E-state index contributed by atoms with van der Waals surface area (Å²) in [6.07, 6.45) is 1.80. The fourth-order valence-electron chi connectivity index (χ4n) is 4.76. The van der Waals surface area contributed by atoms with E-state index in [1.165, 1.54) is 0 Å². The van der Waals surface area contributed by atoms with Crippen molar-refractivity contribution in [2.75, 3.05) is 6.61 Å². The number of hydrogen-bond donors (Lipinski definition) is 1. The molecule has 0 saturated heterocycles. The zero-order valence-corrected chi connectivity index (χ0v) is 19.2. The van der Waals surface area contributed by atoms with E-state index >= 15 is 0 Å². The van der Waals surface area contributed by atoms with Crippen LogP contribution in [-0.2, 0) is 20.7 Å². The van der Waals surface area contributed by atoms with E-state index in [1.54, 1.807) is 12.1 Å². The lowest BCUT2D eigenvalue weighted by atomic mass is 9.66. The molecule has 1 heterocycles. The molecule has 0 bridgehead atoms. The van der Waals surface area contributed by atoms with Crippen LogP contribution in [0.4, 0.5) is 0 Å². The molecule has 0 saturated carbocycles. The average molecular weight is 450 g/mol. The number of allylic oxidation sites excluding steroid dienone is 2. The maximum Gasteiger partial charge on any atom is 0.315 e. The number of nitrogens with one attached hydrogen (secondary N) is 1. The van der Waals surface area contributed by atoms with E-state index < -0.39 is 11.8 Å². The number of halogens is 1. The average Bonchev–Trinajstić information content (AvgIpc) is 2.73. The molecule has 166 valence electrons. The lowest BCUT2D eigenvalue weighted by molar-refractivity contribution is -0.147. The Morgan fingerprint density at radius 3 is 2.50 bits per heavy atom. The smallest absolute Gasteiger partial charge is 0.315 e. The highest BCUT2D eigenvalue weighted by atomic mass is 35.5.